The van der Waals surface area contributed by atoms with Gasteiger partial charge in [-0.2, -0.15) is 0 Å². The first-order valence-corrected chi connectivity index (χ1v) is 9.98. The van der Waals surface area contributed by atoms with Crippen molar-refractivity contribution >= 4 is 40.1 Å². The zero-order valence-corrected chi connectivity index (χ0v) is 18.6. The quantitative estimate of drug-likeness (QED) is 0.564. The van der Waals surface area contributed by atoms with Gasteiger partial charge in [-0.15, -0.1) is 0 Å². The fraction of sp³-hybridized carbons (Fsp3) is 0.261. The van der Waals surface area contributed by atoms with E-state index in [9.17, 15) is 9.59 Å². The molecule has 31 heavy (non-hydrogen) atoms. The third kappa shape index (κ3) is 5.24. The lowest BCUT2D eigenvalue weighted by molar-refractivity contribution is -0.120. The number of fused-ring (bicyclic) bond motifs is 1. The van der Waals surface area contributed by atoms with Gasteiger partial charge in [-0.3, -0.25) is 4.79 Å². The lowest BCUT2D eigenvalue weighted by Crippen LogP contribution is -2.24. The van der Waals surface area contributed by atoms with Crippen LogP contribution < -0.4 is 15.0 Å². The number of hydrogen-bond donors (Lipinski definition) is 1. The summed E-state index contributed by atoms with van der Waals surface area (Å²) < 4.78 is 10.0. The van der Waals surface area contributed by atoms with Gasteiger partial charge in [0, 0.05) is 36.7 Å². The van der Waals surface area contributed by atoms with Crippen LogP contribution in [0.15, 0.2) is 42.5 Å². The Bertz CT molecular complexity index is 1110. The van der Waals surface area contributed by atoms with Gasteiger partial charge in [0.15, 0.2) is 0 Å². The number of halogens is 1. The van der Waals surface area contributed by atoms with Crippen molar-refractivity contribution in [1.29, 1.82) is 0 Å². The number of amides is 1. The molecule has 0 saturated carbocycles. The topological polar surface area (TPSA) is 80.8 Å². The number of carbonyl (C=O) groups is 2. The molecule has 0 spiro atoms. The number of anilines is 1. The summed E-state index contributed by atoms with van der Waals surface area (Å²) in [5.74, 6) is -0.527. The molecule has 0 aliphatic carbocycles. The molecule has 3 aromatic rings. The van der Waals surface area contributed by atoms with Crippen molar-refractivity contribution in [2.75, 3.05) is 33.2 Å². The number of nitrogens with zero attached hydrogens (tertiary/aromatic N) is 2. The molecule has 3 rings (SSSR count). The van der Waals surface area contributed by atoms with Crippen molar-refractivity contribution in [2.45, 2.75) is 13.0 Å². The Morgan fingerprint density at radius 3 is 2.42 bits per heavy atom. The normalized spacial score (nSPS) is 10.6. The van der Waals surface area contributed by atoms with Crippen LogP contribution in [0.3, 0.4) is 0 Å². The Kier molecular flexibility index (Phi) is 6.97. The molecular weight excluding hydrogens is 418 g/mol. The van der Waals surface area contributed by atoms with E-state index < -0.39 is 5.97 Å². The lowest BCUT2D eigenvalue weighted by Gasteiger charge is -2.13. The van der Waals surface area contributed by atoms with Crippen LogP contribution in [0, 0.1) is 0 Å². The molecule has 162 valence electrons. The number of rotatable bonds is 7. The number of benzene rings is 2. The SMILES string of the molecule is COC(=O)c1cc2cc(Cl)cc(CNC(=O)Cc3ccc(N(C)C)cc3)c2nc1OC. The predicted octanol–water partition coefficient (Wildman–Crippen LogP) is 3.61. The smallest absolute Gasteiger partial charge is 0.343 e. The Hall–Kier alpha value is -3.32. The van der Waals surface area contributed by atoms with Crippen LogP contribution in [-0.4, -0.2) is 45.2 Å². The van der Waals surface area contributed by atoms with Crippen LogP contribution in [-0.2, 0) is 22.5 Å². The molecular formula is C23H24ClN3O4. The second kappa shape index (κ2) is 9.66. The average molecular weight is 442 g/mol. The van der Waals surface area contributed by atoms with Gasteiger partial charge in [-0.05, 0) is 41.5 Å². The molecule has 1 amide bonds. The van der Waals surface area contributed by atoms with Gasteiger partial charge >= 0.3 is 5.97 Å². The second-order valence-electron chi connectivity index (χ2n) is 7.19. The van der Waals surface area contributed by atoms with E-state index >= 15 is 0 Å². The van der Waals surface area contributed by atoms with Gasteiger partial charge in [-0.25, -0.2) is 9.78 Å². The van der Waals surface area contributed by atoms with Crippen molar-refractivity contribution in [2.24, 2.45) is 0 Å². The van der Waals surface area contributed by atoms with Crippen molar-refractivity contribution in [3.63, 3.8) is 0 Å². The molecule has 1 aromatic heterocycles. The summed E-state index contributed by atoms with van der Waals surface area (Å²) in [6.45, 7) is 0.236. The maximum Gasteiger partial charge on any atom is 0.343 e. The number of esters is 1. The highest BCUT2D eigenvalue weighted by molar-refractivity contribution is 6.31. The van der Waals surface area contributed by atoms with Gasteiger partial charge in [0.05, 0.1) is 26.2 Å². The first-order valence-electron chi connectivity index (χ1n) is 9.60. The fourth-order valence-corrected chi connectivity index (χ4v) is 3.45. The van der Waals surface area contributed by atoms with Crippen LogP contribution in [0.4, 0.5) is 5.69 Å². The third-order valence-corrected chi connectivity index (χ3v) is 5.04. The number of nitrogens with one attached hydrogen (secondary N) is 1. The standard InChI is InChI=1S/C23H24ClN3O4/c1-27(2)18-7-5-14(6-8-18)9-20(28)25-13-16-11-17(24)10-15-12-19(23(29)31-4)22(30-3)26-21(15)16/h5-8,10-12H,9,13H2,1-4H3,(H,25,28). The first-order chi connectivity index (χ1) is 14.8. The molecule has 0 saturated heterocycles. The zero-order valence-electron chi connectivity index (χ0n) is 17.9. The predicted molar refractivity (Wildman–Crippen MR) is 121 cm³/mol. The molecule has 0 aliphatic heterocycles. The third-order valence-electron chi connectivity index (χ3n) is 4.82. The summed E-state index contributed by atoms with van der Waals surface area (Å²) in [4.78, 5) is 30.9. The molecule has 0 fully saturated rings. The van der Waals surface area contributed by atoms with E-state index in [0.717, 1.165) is 11.3 Å². The van der Waals surface area contributed by atoms with Crippen LogP contribution in [0.2, 0.25) is 5.02 Å². The van der Waals surface area contributed by atoms with Gasteiger partial charge in [-0.1, -0.05) is 23.7 Å². The largest absolute Gasteiger partial charge is 0.480 e. The number of carbonyl (C=O) groups excluding carboxylic acids is 2. The Labute approximate surface area is 185 Å². The number of aromatic nitrogens is 1. The van der Waals surface area contributed by atoms with Crippen LogP contribution >= 0.6 is 11.6 Å². The van der Waals surface area contributed by atoms with E-state index in [-0.39, 0.29) is 30.3 Å². The molecule has 1 heterocycles. The van der Waals surface area contributed by atoms with E-state index in [2.05, 4.69) is 10.3 Å². The summed E-state index contributed by atoms with van der Waals surface area (Å²) in [6, 6.07) is 12.9. The highest BCUT2D eigenvalue weighted by Gasteiger charge is 2.18. The molecule has 7 nitrogen and oxygen atoms in total. The van der Waals surface area contributed by atoms with E-state index in [0.29, 0.717) is 21.5 Å². The Balaban J connectivity index is 1.80. The summed E-state index contributed by atoms with van der Waals surface area (Å²) in [5, 5.41) is 4.03. The highest BCUT2D eigenvalue weighted by atomic mass is 35.5. The molecule has 2 aromatic carbocycles. The van der Waals surface area contributed by atoms with Gasteiger partial charge in [0.2, 0.25) is 11.8 Å². The van der Waals surface area contributed by atoms with E-state index in [1.165, 1.54) is 14.2 Å². The van der Waals surface area contributed by atoms with Crippen molar-refractivity contribution in [3.05, 3.63) is 64.2 Å². The average Bonchev–Trinajstić information content (AvgIpc) is 2.76. The maximum absolute atomic E-state index is 12.5. The van der Waals surface area contributed by atoms with Crippen LogP contribution in [0.25, 0.3) is 10.9 Å². The number of ether oxygens (including phenoxy) is 2. The summed E-state index contributed by atoms with van der Waals surface area (Å²) in [6.07, 6.45) is 0.259. The second-order valence-corrected chi connectivity index (χ2v) is 7.62. The number of pyridine rings is 1. The minimum atomic E-state index is -0.554. The molecule has 0 aliphatic rings. The lowest BCUT2D eigenvalue weighted by atomic mass is 10.1. The first kappa shape index (κ1) is 22.4. The van der Waals surface area contributed by atoms with Crippen LogP contribution in [0.5, 0.6) is 5.88 Å². The van der Waals surface area contributed by atoms with Gasteiger partial charge < -0.3 is 19.7 Å². The summed E-state index contributed by atoms with van der Waals surface area (Å²) >= 11 is 6.26. The molecule has 0 bridgehead atoms. The molecule has 0 unspecified atom stereocenters. The van der Waals surface area contributed by atoms with Crippen molar-refractivity contribution in [1.82, 2.24) is 10.3 Å². The fourth-order valence-electron chi connectivity index (χ4n) is 3.20. The number of hydrogen-bond acceptors (Lipinski definition) is 6. The maximum atomic E-state index is 12.5. The summed E-state index contributed by atoms with van der Waals surface area (Å²) in [7, 11) is 6.65. The van der Waals surface area contributed by atoms with E-state index in [1.807, 2.05) is 43.3 Å². The van der Waals surface area contributed by atoms with Crippen LogP contribution in [0.1, 0.15) is 21.5 Å². The van der Waals surface area contributed by atoms with E-state index in [4.69, 9.17) is 21.1 Å². The van der Waals surface area contributed by atoms with Crippen molar-refractivity contribution in [3.8, 4) is 5.88 Å². The van der Waals surface area contributed by atoms with Crippen molar-refractivity contribution < 1.29 is 19.1 Å². The molecule has 0 atom stereocenters. The van der Waals surface area contributed by atoms with Gasteiger partial charge in [0.25, 0.3) is 0 Å². The summed E-state index contributed by atoms with van der Waals surface area (Å²) in [5.41, 5.74) is 3.50. The Morgan fingerprint density at radius 2 is 1.81 bits per heavy atom. The minimum Gasteiger partial charge on any atom is -0.480 e. The molecule has 8 heteroatoms. The highest BCUT2D eigenvalue weighted by Crippen LogP contribution is 2.28. The zero-order chi connectivity index (χ0) is 22.5. The minimum absolute atomic E-state index is 0.121. The number of methoxy groups -OCH3 is 2. The molecule has 0 radical (unpaired) electrons. The Morgan fingerprint density at radius 1 is 1.10 bits per heavy atom. The molecule has 1 N–H and O–H groups in total. The monoisotopic (exact) mass is 441 g/mol. The van der Waals surface area contributed by atoms with Gasteiger partial charge in [0.1, 0.15) is 5.56 Å². The van der Waals surface area contributed by atoms with E-state index in [1.54, 1.807) is 18.2 Å².